The van der Waals surface area contributed by atoms with Crippen molar-refractivity contribution >= 4 is 12.3 Å². The smallest absolute Gasteiger partial charge is 0.430 e. The summed E-state index contributed by atoms with van der Waals surface area (Å²) in [4.78, 5) is 11.9. The van der Waals surface area contributed by atoms with Crippen LogP contribution in [0.15, 0.2) is 47.6 Å². The number of hydrogen-bond donors (Lipinski definition) is 1. The van der Waals surface area contributed by atoms with E-state index in [1.165, 1.54) is 27.5 Å². The zero-order valence-electron chi connectivity index (χ0n) is 14.3. The van der Waals surface area contributed by atoms with Gasteiger partial charge in [0.2, 0.25) is 5.75 Å². The van der Waals surface area contributed by atoms with E-state index in [4.69, 9.17) is 14.2 Å². The van der Waals surface area contributed by atoms with Gasteiger partial charge in [-0.05, 0) is 17.7 Å². The number of hydrogen-bond acceptors (Lipinski definition) is 6. The van der Waals surface area contributed by atoms with Crippen LogP contribution < -0.4 is 9.47 Å². The summed E-state index contributed by atoms with van der Waals surface area (Å²) in [7, 11) is 4.35. The number of ether oxygens (including phenoxy) is 3. The zero-order chi connectivity index (χ0) is 18.2. The molecule has 25 heavy (non-hydrogen) atoms. The molecule has 0 aliphatic carbocycles. The lowest BCUT2D eigenvalue weighted by atomic mass is 10.2. The summed E-state index contributed by atoms with van der Waals surface area (Å²) in [6, 6.07) is 12.5. The van der Waals surface area contributed by atoms with Crippen molar-refractivity contribution in [3.05, 3.63) is 53.6 Å². The maximum Gasteiger partial charge on any atom is 0.430 e. The molecule has 7 nitrogen and oxygen atoms in total. The molecule has 0 unspecified atom stereocenters. The number of carbonyl (C=O) groups is 1. The summed E-state index contributed by atoms with van der Waals surface area (Å²) >= 11 is 0. The number of amides is 1. The van der Waals surface area contributed by atoms with Crippen LogP contribution in [-0.4, -0.2) is 43.7 Å². The number of methoxy groups -OCH3 is 2. The average Bonchev–Trinajstić information content (AvgIpc) is 2.65. The van der Waals surface area contributed by atoms with E-state index < -0.39 is 6.09 Å². The van der Waals surface area contributed by atoms with Crippen molar-refractivity contribution < 1.29 is 24.1 Å². The highest BCUT2D eigenvalue weighted by atomic mass is 16.6. The van der Waals surface area contributed by atoms with Crippen molar-refractivity contribution in [1.29, 1.82) is 0 Å². The van der Waals surface area contributed by atoms with Crippen LogP contribution >= 0.6 is 0 Å². The predicted octanol–water partition coefficient (Wildman–Crippen LogP) is 3.01. The molecule has 0 radical (unpaired) electrons. The highest BCUT2D eigenvalue weighted by Gasteiger charge is 2.12. The molecule has 132 valence electrons. The van der Waals surface area contributed by atoms with Gasteiger partial charge in [0.15, 0.2) is 11.5 Å². The van der Waals surface area contributed by atoms with Gasteiger partial charge in [0.25, 0.3) is 0 Å². The largest absolute Gasteiger partial charge is 0.502 e. The second-order valence-electron chi connectivity index (χ2n) is 5.08. The first-order valence-corrected chi connectivity index (χ1v) is 7.48. The zero-order valence-corrected chi connectivity index (χ0v) is 14.3. The third kappa shape index (κ3) is 4.87. The summed E-state index contributed by atoms with van der Waals surface area (Å²) < 4.78 is 15.3. The minimum absolute atomic E-state index is 0.0993. The van der Waals surface area contributed by atoms with E-state index in [2.05, 4.69) is 5.10 Å². The molecule has 2 aromatic carbocycles. The molecule has 0 fully saturated rings. The van der Waals surface area contributed by atoms with Crippen LogP contribution in [0, 0.1) is 0 Å². The molecule has 2 rings (SSSR count). The lowest BCUT2D eigenvalue weighted by Gasteiger charge is -2.12. The summed E-state index contributed by atoms with van der Waals surface area (Å²) in [6.45, 7) is 0.167. The quantitative estimate of drug-likeness (QED) is 0.643. The number of rotatable bonds is 6. The number of hydrazone groups is 1. The van der Waals surface area contributed by atoms with Crippen LogP contribution in [0.3, 0.4) is 0 Å². The second kappa shape index (κ2) is 8.58. The molecule has 1 N–H and O–H groups in total. The summed E-state index contributed by atoms with van der Waals surface area (Å²) in [5.74, 6) is 0.392. The minimum atomic E-state index is -0.585. The molecule has 1 amide bonds. The maximum atomic E-state index is 11.9. The van der Waals surface area contributed by atoms with Crippen LogP contribution in [0.1, 0.15) is 11.1 Å². The molecule has 0 saturated heterocycles. The normalized spacial score (nSPS) is 10.5. The van der Waals surface area contributed by atoms with E-state index in [1.54, 1.807) is 12.1 Å². The lowest BCUT2D eigenvalue weighted by Crippen LogP contribution is -2.22. The van der Waals surface area contributed by atoms with Gasteiger partial charge < -0.3 is 19.3 Å². The van der Waals surface area contributed by atoms with Gasteiger partial charge in [-0.2, -0.15) is 5.10 Å². The molecule has 0 saturated carbocycles. The lowest BCUT2D eigenvalue weighted by molar-refractivity contribution is 0.106. The molecule has 2 aromatic rings. The Balaban J connectivity index is 2.01. The van der Waals surface area contributed by atoms with Gasteiger partial charge in [-0.25, -0.2) is 9.80 Å². The van der Waals surface area contributed by atoms with Crippen LogP contribution in [0.2, 0.25) is 0 Å². The summed E-state index contributed by atoms with van der Waals surface area (Å²) in [5.41, 5.74) is 1.48. The van der Waals surface area contributed by atoms with Crippen LogP contribution in [0.5, 0.6) is 17.2 Å². The highest BCUT2D eigenvalue weighted by molar-refractivity contribution is 5.83. The van der Waals surface area contributed by atoms with E-state index in [9.17, 15) is 9.90 Å². The maximum absolute atomic E-state index is 11.9. The SMILES string of the molecule is COc1cc(/C=N/N(C)C(=O)OCc2ccccc2)cc(OC)c1O. The van der Waals surface area contributed by atoms with E-state index in [0.29, 0.717) is 5.56 Å². The van der Waals surface area contributed by atoms with Crippen molar-refractivity contribution in [3.8, 4) is 17.2 Å². The number of phenols is 1. The Hall–Kier alpha value is -3.22. The Morgan fingerprint density at radius 3 is 2.32 bits per heavy atom. The Kier molecular flexibility index (Phi) is 6.22. The standard InChI is InChI=1S/C18H20N2O5/c1-20(18(22)25-12-13-7-5-4-6-8-13)19-11-14-9-15(23-2)17(21)16(10-14)24-3/h4-11,21H,12H2,1-3H3/b19-11+. The van der Waals surface area contributed by atoms with Crippen molar-refractivity contribution in [2.45, 2.75) is 6.61 Å². The Morgan fingerprint density at radius 1 is 1.16 bits per heavy atom. The summed E-state index contributed by atoms with van der Waals surface area (Å²) in [5, 5.41) is 15.0. The second-order valence-corrected chi connectivity index (χ2v) is 5.08. The Labute approximate surface area is 146 Å². The third-order valence-corrected chi connectivity index (χ3v) is 3.35. The first kappa shape index (κ1) is 18.1. The topological polar surface area (TPSA) is 80.6 Å². The van der Waals surface area contributed by atoms with Crippen molar-refractivity contribution in [2.75, 3.05) is 21.3 Å². The molecular formula is C18H20N2O5. The monoisotopic (exact) mass is 344 g/mol. The summed E-state index contributed by atoms with van der Waals surface area (Å²) in [6.07, 6.45) is 0.853. The van der Waals surface area contributed by atoms with Gasteiger partial charge >= 0.3 is 6.09 Å². The van der Waals surface area contributed by atoms with Crippen molar-refractivity contribution in [3.63, 3.8) is 0 Å². The van der Waals surface area contributed by atoms with Crippen LogP contribution in [-0.2, 0) is 11.3 Å². The van der Waals surface area contributed by atoms with Crippen LogP contribution in [0.25, 0.3) is 0 Å². The number of benzene rings is 2. The Bertz CT molecular complexity index is 721. The van der Waals surface area contributed by atoms with E-state index >= 15 is 0 Å². The molecule has 0 aromatic heterocycles. The molecule has 0 bridgehead atoms. The third-order valence-electron chi connectivity index (χ3n) is 3.35. The molecular weight excluding hydrogens is 324 g/mol. The van der Waals surface area contributed by atoms with Crippen molar-refractivity contribution in [2.24, 2.45) is 5.10 Å². The van der Waals surface area contributed by atoms with E-state index in [1.807, 2.05) is 30.3 Å². The van der Waals surface area contributed by atoms with Gasteiger partial charge in [0, 0.05) is 12.6 Å². The van der Waals surface area contributed by atoms with Crippen molar-refractivity contribution in [1.82, 2.24) is 5.01 Å². The molecule has 7 heteroatoms. The van der Waals surface area contributed by atoms with E-state index in [-0.39, 0.29) is 23.9 Å². The number of aromatic hydroxyl groups is 1. The first-order valence-electron chi connectivity index (χ1n) is 7.48. The van der Waals surface area contributed by atoms with Gasteiger partial charge in [-0.3, -0.25) is 0 Å². The highest BCUT2D eigenvalue weighted by Crippen LogP contribution is 2.36. The Morgan fingerprint density at radius 2 is 1.76 bits per heavy atom. The van der Waals surface area contributed by atoms with Gasteiger partial charge in [-0.1, -0.05) is 30.3 Å². The average molecular weight is 344 g/mol. The van der Waals surface area contributed by atoms with Crippen LogP contribution in [0.4, 0.5) is 4.79 Å². The fourth-order valence-electron chi connectivity index (χ4n) is 2.00. The fourth-order valence-corrected chi connectivity index (χ4v) is 2.00. The van der Waals surface area contributed by atoms with Gasteiger partial charge in [0.1, 0.15) is 6.61 Å². The molecule has 0 aliphatic heterocycles. The van der Waals surface area contributed by atoms with Gasteiger partial charge in [-0.15, -0.1) is 0 Å². The molecule has 0 heterocycles. The predicted molar refractivity (Wildman–Crippen MR) is 93.2 cm³/mol. The molecule has 0 spiro atoms. The number of phenolic OH excluding ortho intramolecular Hbond substituents is 1. The number of nitrogens with zero attached hydrogens (tertiary/aromatic N) is 2. The minimum Gasteiger partial charge on any atom is -0.502 e. The fraction of sp³-hybridized carbons (Fsp3) is 0.222. The van der Waals surface area contributed by atoms with E-state index in [0.717, 1.165) is 10.6 Å². The van der Waals surface area contributed by atoms with Gasteiger partial charge in [0.05, 0.1) is 20.4 Å². The molecule has 0 atom stereocenters. The molecule has 0 aliphatic rings. The first-order chi connectivity index (χ1) is 12.0. The number of carbonyl (C=O) groups excluding carboxylic acids is 1.